The molecule has 152 valence electrons. The highest BCUT2D eigenvalue weighted by Gasteiger charge is 2.21. The maximum Gasteiger partial charge on any atom is 0.224 e. The number of nitrogens with zero attached hydrogens (tertiary/aromatic N) is 2. The van der Waals surface area contributed by atoms with E-state index >= 15 is 0 Å². The standard InChI is InChI=1S/C23H27N3O2S/c1-16-5-6-18-20(15-28-21(18)13-16)26-11-9-25(10-12-26)8-7-17-14-19-22(29-17)3-2-4-23(27)24-19/h5-6,13-15H,2-4,7-12H2,1H3,(H,24,27). The van der Waals surface area contributed by atoms with Crippen LogP contribution in [0.25, 0.3) is 11.0 Å². The van der Waals surface area contributed by atoms with Crippen molar-refractivity contribution in [3.63, 3.8) is 0 Å². The van der Waals surface area contributed by atoms with Gasteiger partial charge in [0.1, 0.15) is 11.8 Å². The molecule has 0 radical (unpaired) electrons. The minimum absolute atomic E-state index is 0.158. The second-order valence-electron chi connectivity index (χ2n) is 8.15. The van der Waals surface area contributed by atoms with Crippen molar-refractivity contribution in [2.24, 2.45) is 0 Å². The van der Waals surface area contributed by atoms with E-state index in [0.29, 0.717) is 6.42 Å². The summed E-state index contributed by atoms with van der Waals surface area (Å²) in [6, 6.07) is 8.64. The molecule has 2 aromatic heterocycles. The predicted octanol–water partition coefficient (Wildman–Crippen LogP) is 4.44. The summed E-state index contributed by atoms with van der Waals surface area (Å²) in [4.78, 5) is 19.5. The van der Waals surface area contributed by atoms with Crippen LogP contribution in [0.5, 0.6) is 0 Å². The van der Waals surface area contributed by atoms with Crippen LogP contribution in [0.15, 0.2) is 34.9 Å². The zero-order chi connectivity index (χ0) is 19.8. The van der Waals surface area contributed by atoms with Crippen LogP contribution in [0, 0.1) is 6.92 Å². The van der Waals surface area contributed by atoms with Gasteiger partial charge in [-0.3, -0.25) is 9.69 Å². The smallest absolute Gasteiger partial charge is 0.224 e. The molecule has 2 aliphatic heterocycles. The Morgan fingerprint density at radius 1 is 1.14 bits per heavy atom. The number of hydrogen-bond acceptors (Lipinski definition) is 5. The molecule has 5 rings (SSSR count). The molecule has 3 aromatic rings. The van der Waals surface area contributed by atoms with E-state index in [2.05, 4.69) is 46.3 Å². The highest BCUT2D eigenvalue weighted by Crippen LogP contribution is 2.32. The number of carbonyl (C=O) groups excluding carboxylic acids is 1. The Morgan fingerprint density at radius 3 is 2.86 bits per heavy atom. The number of hydrogen-bond donors (Lipinski definition) is 1. The van der Waals surface area contributed by atoms with Crippen LogP contribution in [-0.4, -0.2) is 43.5 Å². The number of aryl methyl sites for hydroxylation is 2. The number of benzene rings is 1. The van der Waals surface area contributed by atoms with Crippen molar-refractivity contribution in [3.8, 4) is 0 Å². The molecule has 1 aromatic carbocycles. The maximum atomic E-state index is 11.8. The third kappa shape index (κ3) is 3.91. The second kappa shape index (κ2) is 7.84. The quantitative estimate of drug-likeness (QED) is 0.692. The topological polar surface area (TPSA) is 48.7 Å². The van der Waals surface area contributed by atoms with Gasteiger partial charge in [-0.25, -0.2) is 0 Å². The molecule has 0 aliphatic carbocycles. The van der Waals surface area contributed by atoms with Crippen LogP contribution in [0.2, 0.25) is 0 Å². The average Bonchev–Trinajstić information content (AvgIpc) is 3.26. The number of amides is 1. The van der Waals surface area contributed by atoms with E-state index < -0.39 is 0 Å². The highest BCUT2D eigenvalue weighted by atomic mass is 32.1. The van der Waals surface area contributed by atoms with Crippen LogP contribution in [0.3, 0.4) is 0 Å². The van der Waals surface area contributed by atoms with Gasteiger partial charge >= 0.3 is 0 Å². The van der Waals surface area contributed by atoms with Gasteiger partial charge in [0.2, 0.25) is 5.91 Å². The summed E-state index contributed by atoms with van der Waals surface area (Å²) in [5.41, 5.74) is 4.48. The normalized spacial score (nSPS) is 18.0. The van der Waals surface area contributed by atoms with Gasteiger partial charge in [0.05, 0.1) is 11.4 Å². The molecule has 1 amide bonds. The van der Waals surface area contributed by atoms with Gasteiger partial charge < -0.3 is 14.6 Å². The Hall–Kier alpha value is -2.31. The maximum absolute atomic E-state index is 11.8. The van der Waals surface area contributed by atoms with Crippen molar-refractivity contribution < 1.29 is 9.21 Å². The van der Waals surface area contributed by atoms with Gasteiger partial charge in [-0.05, 0) is 49.9 Å². The SMILES string of the molecule is Cc1ccc2c(N3CCN(CCc4cc5c(s4)CCCC(=O)N5)CC3)coc2c1. The molecule has 0 spiro atoms. The molecule has 5 nitrogen and oxygen atoms in total. The molecule has 2 aliphatic rings. The van der Waals surface area contributed by atoms with E-state index in [1.165, 1.54) is 26.4 Å². The first-order chi connectivity index (χ1) is 14.2. The summed E-state index contributed by atoms with van der Waals surface area (Å²) in [5, 5.41) is 4.28. The van der Waals surface area contributed by atoms with E-state index in [-0.39, 0.29) is 5.91 Å². The molecule has 4 heterocycles. The van der Waals surface area contributed by atoms with Crippen LogP contribution in [0.1, 0.15) is 28.2 Å². The third-order valence-electron chi connectivity index (χ3n) is 6.04. The zero-order valence-corrected chi connectivity index (χ0v) is 17.7. The summed E-state index contributed by atoms with van der Waals surface area (Å²) >= 11 is 1.88. The minimum atomic E-state index is 0.158. The number of thiophene rings is 1. The number of furan rings is 1. The van der Waals surface area contributed by atoms with Crippen molar-refractivity contribution in [1.29, 1.82) is 0 Å². The molecule has 0 unspecified atom stereocenters. The number of piperazine rings is 1. The number of fused-ring (bicyclic) bond motifs is 2. The minimum Gasteiger partial charge on any atom is -0.462 e. The highest BCUT2D eigenvalue weighted by molar-refractivity contribution is 7.12. The number of carbonyl (C=O) groups is 1. The van der Waals surface area contributed by atoms with Crippen LogP contribution in [0.4, 0.5) is 11.4 Å². The third-order valence-corrected chi connectivity index (χ3v) is 7.29. The van der Waals surface area contributed by atoms with E-state index in [1.807, 2.05) is 17.6 Å². The molecule has 1 N–H and O–H groups in total. The Morgan fingerprint density at radius 2 is 2.00 bits per heavy atom. The average molecular weight is 410 g/mol. The first-order valence-electron chi connectivity index (χ1n) is 10.5. The van der Waals surface area contributed by atoms with Crippen molar-refractivity contribution in [2.75, 3.05) is 42.9 Å². The molecule has 1 fully saturated rings. The Kier molecular flexibility index (Phi) is 5.06. The van der Waals surface area contributed by atoms with Gasteiger partial charge in [0.25, 0.3) is 0 Å². The van der Waals surface area contributed by atoms with E-state index in [0.717, 1.165) is 63.3 Å². The van der Waals surface area contributed by atoms with Crippen LogP contribution in [-0.2, 0) is 17.6 Å². The Bertz CT molecular complexity index is 1030. The van der Waals surface area contributed by atoms with Gasteiger partial charge in [-0.1, -0.05) is 6.07 Å². The summed E-state index contributed by atoms with van der Waals surface area (Å²) in [7, 11) is 0. The number of rotatable bonds is 4. The molecule has 0 saturated carbocycles. The summed E-state index contributed by atoms with van der Waals surface area (Å²) in [5.74, 6) is 0.158. The molecule has 6 heteroatoms. The van der Waals surface area contributed by atoms with Crippen LogP contribution < -0.4 is 10.2 Å². The van der Waals surface area contributed by atoms with Crippen molar-refractivity contribution in [1.82, 2.24) is 4.90 Å². The summed E-state index contributed by atoms with van der Waals surface area (Å²) in [6.07, 6.45) is 5.60. The fraction of sp³-hybridized carbons (Fsp3) is 0.435. The lowest BCUT2D eigenvalue weighted by molar-refractivity contribution is -0.116. The van der Waals surface area contributed by atoms with E-state index in [9.17, 15) is 4.79 Å². The molecule has 1 saturated heterocycles. The van der Waals surface area contributed by atoms with Gasteiger partial charge in [0.15, 0.2) is 0 Å². The van der Waals surface area contributed by atoms with Gasteiger partial charge in [-0.2, -0.15) is 0 Å². The first-order valence-corrected chi connectivity index (χ1v) is 11.3. The zero-order valence-electron chi connectivity index (χ0n) is 16.9. The second-order valence-corrected chi connectivity index (χ2v) is 9.37. The molecule has 0 atom stereocenters. The molecular weight excluding hydrogens is 382 g/mol. The van der Waals surface area contributed by atoms with Gasteiger partial charge in [-0.15, -0.1) is 11.3 Å². The van der Waals surface area contributed by atoms with E-state index in [1.54, 1.807) is 0 Å². The molecular formula is C23H27N3O2S. The van der Waals surface area contributed by atoms with Gasteiger partial charge in [0, 0.05) is 54.3 Å². The van der Waals surface area contributed by atoms with Crippen molar-refractivity contribution >= 4 is 39.6 Å². The van der Waals surface area contributed by atoms with E-state index in [4.69, 9.17) is 4.42 Å². The molecule has 0 bridgehead atoms. The Labute approximate surface area is 175 Å². The number of anilines is 2. The lowest BCUT2D eigenvalue weighted by atomic mass is 10.1. The fourth-order valence-electron chi connectivity index (χ4n) is 4.37. The van der Waals surface area contributed by atoms with Crippen LogP contribution >= 0.6 is 11.3 Å². The van der Waals surface area contributed by atoms with Crippen molar-refractivity contribution in [3.05, 3.63) is 45.8 Å². The van der Waals surface area contributed by atoms with Crippen molar-refractivity contribution in [2.45, 2.75) is 32.6 Å². The largest absolute Gasteiger partial charge is 0.462 e. The lowest BCUT2D eigenvalue weighted by Crippen LogP contribution is -2.46. The predicted molar refractivity (Wildman–Crippen MR) is 119 cm³/mol. The fourth-order valence-corrected chi connectivity index (χ4v) is 5.52. The summed E-state index contributed by atoms with van der Waals surface area (Å²) in [6.45, 7) is 7.37. The monoisotopic (exact) mass is 409 g/mol. The molecule has 29 heavy (non-hydrogen) atoms. The Balaban J connectivity index is 1.17. The first kappa shape index (κ1) is 18.7. The summed E-state index contributed by atoms with van der Waals surface area (Å²) < 4.78 is 5.79. The lowest BCUT2D eigenvalue weighted by Gasteiger charge is -2.35. The number of nitrogens with one attached hydrogen (secondary N) is 1.